The van der Waals surface area contributed by atoms with Crippen LogP contribution in [0.15, 0.2) is 29.3 Å². The summed E-state index contributed by atoms with van der Waals surface area (Å²) in [6, 6.07) is 6.58. The minimum atomic E-state index is -2.86. The number of hydrogen-bond acceptors (Lipinski definition) is 3. The van der Waals surface area contributed by atoms with Gasteiger partial charge in [-0.05, 0) is 32.3 Å². The fraction of sp³-hybridized carbons (Fsp3) is 0.562. The van der Waals surface area contributed by atoms with Crippen molar-refractivity contribution in [2.45, 2.75) is 44.9 Å². The molecule has 0 amide bonds. The first-order chi connectivity index (χ1) is 11.0. The zero-order chi connectivity index (χ0) is 16.7. The van der Waals surface area contributed by atoms with Gasteiger partial charge < -0.3 is 20.5 Å². The van der Waals surface area contributed by atoms with E-state index < -0.39 is 12.2 Å². The number of para-hydroxylation sites is 1. The van der Waals surface area contributed by atoms with E-state index in [9.17, 15) is 13.9 Å². The summed E-state index contributed by atoms with van der Waals surface area (Å²) in [5.41, 5.74) is -0.0836. The van der Waals surface area contributed by atoms with Crippen molar-refractivity contribution in [2.24, 2.45) is 4.99 Å². The van der Waals surface area contributed by atoms with Gasteiger partial charge in [-0.25, -0.2) is 4.99 Å². The van der Waals surface area contributed by atoms with Crippen LogP contribution in [0, 0.1) is 0 Å². The molecule has 1 aromatic carbocycles. The minimum absolute atomic E-state index is 0.125. The Bertz CT molecular complexity index is 534. The average molecular weight is 327 g/mol. The maximum absolute atomic E-state index is 12.4. The highest BCUT2D eigenvalue weighted by atomic mass is 19.3. The molecule has 0 saturated heterocycles. The summed E-state index contributed by atoms with van der Waals surface area (Å²) in [4.78, 5) is 4.37. The molecular formula is C16H23F2N3O2. The van der Waals surface area contributed by atoms with Crippen molar-refractivity contribution in [3.63, 3.8) is 0 Å². The topological polar surface area (TPSA) is 65.9 Å². The molecule has 5 nitrogen and oxygen atoms in total. The lowest BCUT2D eigenvalue weighted by atomic mass is 9.80. The number of guanidine groups is 1. The van der Waals surface area contributed by atoms with E-state index >= 15 is 0 Å². The Morgan fingerprint density at radius 1 is 1.35 bits per heavy atom. The van der Waals surface area contributed by atoms with Gasteiger partial charge in [0.2, 0.25) is 0 Å². The highest BCUT2D eigenvalue weighted by Crippen LogP contribution is 2.30. The molecule has 2 rings (SSSR count). The van der Waals surface area contributed by atoms with Crippen LogP contribution < -0.4 is 15.4 Å². The molecule has 23 heavy (non-hydrogen) atoms. The molecule has 0 atom stereocenters. The second-order valence-corrected chi connectivity index (χ2v) is 5.61. The number of aliphatic hydroxyl groups is 1. The van der Waals surface area contributed by atoms with Crippen molar-refractivity contribution in [3.05, 3.63) is 29.8 Å². The fourth-order valence-electron chi connectivity index (χ4n) is 2.36. The van der Waals surface area contributed by atoms with Crippen molar-refractivity contribution < 1.29 is 18.6 Å². The van der Waals surface area contributed by atoms with Crippen molar-refractivity contribution in [1.29, 1.82) is 0 Å². The predicted octanol–water partition coefficient (Wildman–Crippen LogP) is 2.26. The van der Waals surface area contributed by atoms with Crippen LogP contribution in [0.25, 0.3) is 0 Å². The highest BCUT2D eigenvalue weighted by molar-refractivity contribution is 5.79. The third kappa shape index (κ3) is 5.35. The summed E-state index contributed by atoms with van der Waals surface area (Å²) in [6.07, 6.45) is 2.60. The van der Waals surface area contributed by atoms with Gasteiger partial charge in [-0.15, -0.1) is 0 Å². The second kappa shape index (κ2) is 8.10. The fourth-order valence-corrected chi connectivity index (χ4v) is 2.36. The summed E-state index contributed by atoms with van der Waals surface area (Å²) in [7, 11) is 0. The quantitative estimate of drug-likeness (QED) is 0.531. The molecule has 1 fully saturated rings. The van der Waals surface area contributed by atoms with Gasteiger partial charge in [0, 0.05) is 18.7 Å². The standard InChI is InChI=1S/C16H23F2N3O2/c1-2-19-15(21-11-16(22)8-5-9-16)20-10-12-6-3-4-7-13(12)23-14(17)18/h3-4,6-7,14,22H,2,5,8-11H2,1H3,(H2,19,20,21). The van der Waals surface area contributed by atoms with Crippen LogP contribution in [0.3, 0.4) is 0 Å². The van der Waals surface area contributed by atoms with Crippen molar-refractivity contribution >= 4 is 5.96 Å². The molecule has 0 radical (unpaired) electrons. The second-order valence-electron chi connectivity index (χ2n) is 5.61. The van der Waals surface area contributed by atoms with Crippen LogP contribution in [-0.4, -0.2) is 36.4 Å². The zero-order valence-electron chi connectivity index (χ0n) is 13.2. The van der Waals surface area contributed by atoms with Crippen molar-refractivity contribution in [1.82, 2.24) is 10.6 Å². The molecule has 0 aliphatic heterocycles. The lowest BCUT2D eigenvalue weighted by molar-refractivity contribution is -0.0504. The van der Waals surface area contributed by atoms with Crippen molar-refractivity contribution in [3.8, 4) is 5.75 Å². The largest absolute Gasteiger partial charge is 0.434 e. The molecule has 0 unspecified atom stereocenters. The summed E-state index contributed by atoms with van der Waals surface area (Å²) >= 11 is 0. The van der Waals surface area contributed by atoms with Gasteiger partial charge in [-0.3, -0.25) is 0 Å². The molecule has 0 aromatic heterocycles. The number of ether oxygens (including phenoxy) is 1. The summed E-state index contributed by atoms with van der Waals surface area (Å²) < 4.78 is 29.3. The SMILES string of the molecule is CCNC(=NCc1ccccc1OC(F)F)NCC1(O)CCC1. The van der Waals surface area contributed by atoms with E-state index in [2.05, 4.69) is 20.4 Å². The monoisotopic (exact) mass is 327 g/mol. The number of alkyl halides is 2. The Balaban J connectivity index is 1.99. The number of nitrogens with zero attached hydrogens (tertiary/aromatic N) is 1. The Labute approximate surface area is 134 Å². The maximum Gasteiger partial charge on any atom is 0.387 e. The van der Waals surface area contributed by atoms with Crippen LogP contribution in [0.2, 0.25) is 0 Å². The molecule has 1 aromatic rings. The van der Waals surface area contributed by atoms with Gasteiger partial charge in [-0.2, -0.15) is 8.78 Å². The Morgan fingerprint density at radius 3 is 2.70 bits per heavy atom. The Morgan fingerprint density at radius 2 is 2.09 bits per heavy atom. The number of halogens is 2. The normalized spacial score (nSPS) is 16.8. The molecule has 3 N–H and O–H groups in total. The van der Waals surface area contributed by atoms with Gasteiger partial charge >= 0.3 is 6.61 Å². The molecule has 1 aliphatic rings. The number of aliphatic imine (C=N–C) groups is 1. The van der Waals surface area contributed by atoms with E-state index in [1.165, 1.54) is 6.07 Å². The molecular weight excluding hydrogens is 304 g/mol. The number of rotatable bonds is 7. The lowest BCUT2D eigenvalue weighted by Gasteiger charge is -2.37. The van der Waals surface area contributed by atoms with Crippen LogP contribution in [0.1, 0.15) is 31.7 Å². The predicted molar refractivity (Wildman–Crippen MR) is 84.7 cm³/mol. The number of hydrogen-bond donors (Lipinski definition) is 3. The third-order valence-electron chi connectivity index (χ3n) is 3.81. The van der Waals surface area contributed by atoms with E-state index in [4.69, 9.17) is 0 Å². The average Bonchev–Trinajstić information content (AvgIpc) is 2.49. The lowest BCUT2D eigenvalue weighted by Crippen LogP contribution is -2.50. The third-order valence-corrected chi connectivity index (χ3v) is 3.81. The van der Waals surface area contributed by atoms with Crippen LogP contribution in [-0.2, 0) is 6.54 Å². The van der Waals surface area contributed by atoms with Gasteiger partial charge in [0.1, 0.15) is 5.75 Å². The zero-order valence-corrected chi connectivity index (χ0v) is 13.2. The van der Waals surface area contributed by atoms with E-state index in [0.29, 0.717) is 24.6 Å². The van der Waals surface area contributed by atoms with Gasteiger partial charge in [0.25, 0.3) is 0 Å². The van der Waals surface area contributed by atoms with Gasteiger partial charge in [0.15, 0.2) is 5.96 Å². The Kier molecular flexibility index (Phi) is 6.15. The van der Waals surface area contributed by atoms with Crippen LogP contribution >= 0.6 is 0 Å². The molecule has 128 valence electrons. The molecule has 1 aliphatic carbocycles. The molecule has 1 saturated carbocycles. The van der Waals surface area contributed by atoms with Crippen LogP contribution in [0.4, 0.5) is 8.78 Å². The Hall–Kier alpha value is -1.89. The van der Waals surface area contributed by atoms with Crippen molar-refractivity contribution in [2.75, 3.05) is 13.1 Å². The first-order valence-corrected chi connectivity index (χ1v) is 7.80. The van der Waals surface area contributed by atoms with E-state index in [-0.39, 0.29) is 12.3 Å². The molecule has 0 spiro atoms. The summed E-state index contributed by atoms with van der Waals surface area (Å²) in [6.45, 7) is 0.368. The summed E-state index contributed by atoms with van der Waals surface area (Å²) in [5.74, 6) is 0.666. The molecule has 7 heteroatoms. The first kappa shape index (κ1) is 17.5. The van der Waals surface area contributed by atoms with E-state index in [1.54, 1.807) is 18.2 Å². The van der Waals surface area contributed by atoms with E-state index in [0.717, 1.165) is 19.3 Å². The maximum atomic E-state index is 12.4. The van der Waals surface area contributed by atoms with E-state index in [1.807, 2.05) is 6.92 Å². The molecule has 0 bridgehead atoms. The number of benzene rings is 1. The minimum Gasteiger partial charge on any atom is -0.434 e. The summed E-state index contributed by atoms with van der Waals surface area (Å²) in [5, 5.41) is 16.3. The highest BCUT2D eigenvalue weighted by Gasteiger charge is 2.34. The molecule has 0 heterocycles. The van der Waals surface area contributed by atoms with Crippen LogP contribution in [0.5, 0.6) is 5.75 Å². The number of nitrogens with one attached hydrogen (secondary N) is 2. The first-order valence-electron chi connectivity index (χ1n) is 7.80. The smallest absolute Gasteiger partial charge is 0.387 e. The van der Waals surface area contributed by atoms with Gasteiger partial charge in [0.05, 0.1) is 12.1 Å². The van der Waals surface area contributed by atoms with Gasteiger partial charge in [-0.1, -0.05) is 18.2 Å².